The van der Waals surface area contributed by atoms with E-state index in [-0.39, 0.29) is 17.1 Å². The van der Waals surface area contributed by atoms with Crippen LogP contribution in [-0.2, 0) is 0 Å². The van der Waals surface area contributed by atoms with Crippen molar-refractivity contribution in [2.45, 2.75) is 6.10 Å². The zero-order chi connectivity index (χ0) is 8.15. The van der Waals surface area contributed by atoms with Crippen molar-refractivity contribution in [2.24, 2.45) is 0 Å². The van der Waals surface area contributed by atoms with Gasteiger partial charge >= 0.3 is 0 Å². The molecule has 2 N–H and O–H groups in total. The lowest BCUT2D eigenvalue weighted by Gasteiger charge is -2.16. The minimum atomic E-state index is -0.830. The second-order valence-corrected chi connectivity index (χ2v) is 2.89. The number of nitrogens with zero attached hydrogens (tertiary/aromatic N) is 1. The van der Waals surface area contributed by atoms with Crippen LogP contribution in [0.2, 0.25) is 0 Å². The van der Waals surface area contributed by atoms with Gasteiger partial charge in [0.05, 0.1) is 12.7 Å². The Kier molecular flexibility index (Phi) is 4.92. The summed E-state index contributed by atoms with van der Waals surface area (Å²) in [6, 6.07) is 0. The van der Waals surface area contributed by atoms with Gasteiger partial charge in [0.25, 0.3) is 3.91 Å². The molecule has 0 saturated carbocycles. The van der Waals surface area contributed by atoms with Crippen LogP contribution in [0.1, 0.15) is 0 Å². The molecule has 0 aliphatic heterocycles. The maximum atomic E-state index is 10.5. The average Bonchev–Trinajstić information content (AvgIpc) is 1.87. The van der Waals surface area contributed by atoms with Crippen molar-refractivity contribution in [1.82, 2.24) is 4.90 Å². The highest BCUT2D eigenvalue weighted by Gasteiger charge is 2.08. The van der Waals surface area contributed by atoms with E-state index in [1.807, 2.05) is 0 Å². The van der Waals surface area contributed by atoms with Gasteiger partial charge in [0.2, 0.25) is 0 Å². The Morgan fingerprint density at radius 1 is 1.80 bits per heavy atom. The number of carbonyl (C=O) groups is 1. The largest absolute Gasteiger partial charge is 0.394 e. The molecule has 0 spiro atoms. The monoisotopic (exact) mass is 259 g/mol. The molecule has 60 valence electrons. The summed E-state index contributed by atoms with van der Waals surface area (Å²) in [5, 5.41) is 17.2. The van der Waals surface area contributed by atoms with Gasteiger partial charge in [-0.2, -0.15) is 0 Å². The van der Waals surface area contributed by atoms with Gasteiger partial charge in [0.1, 0.15) is 0 Å². The fraction of sp³-hybridized carbons (Fsp3) is 0.800. The molecule has 0 heterocycles. The highest BCUT2D eigenvalue weighted by atomic mass is 127. The summed E-state index contributed by atoms with van der Waals surface area (Å²) in [5.41, 5.74) is 0. The molecule has 0 radical (unpaired) electrons. The van der Waals surface area contributed by atoms with Crippen LogP contribution < -0.4 is 0 Å². The van der Waals surface area contributed by atoms with E-state index < -0.39 is 6.10 Å². The lowest BCUT2D eigenvalue weighted by Crippen LogP contribution is -2.32. The van der Waals surface area contributed by atoms with Crippen molar-refractivity contribution in [1.29, 1.82) is 0 Å². The van der Waals surface area contributed by atoms with Crippen LogP contribution >= 0.6 is 22.6 Å². The number of rotatable bonds is 3. The zero-order valence-corrected chi connectivity index (χ0v) is 7.78. The van der Waals surface area contributed by atoms with Gasteiger partial charge in [-0.1, -0.05) is 0 Å². The lowest BCUT2D eigenvalue weighted by atomic mass is 10.4. The molecular weight excluding hydrogens is 249 g/mol. The molecule has 0 aliphatic rings. The van der Waals surface area contributed by atoms with Gasteiger partial charge < -0.3 is 15.1 Å². The van der Waals surface area contributed by atoms with Crippen molar-refractivity contribution in [3.05, 3.63) is 0 Å². The molecule has 4 nitrogen and oxygen atoms in total. The van der Waals surface area contributed by atoms with E-state index in [1.165, 1.54) is 4.90 Å². The van der Waals surface area contributed by atoms with E-state index in [0.717, 1.165) is 0 Å². The summed E-state index contributed by atoms with van der Waals surface area (Å²) in [7, 11) is 1.56. The number of hydrogen-bond acceptors (Lipinski definition) is 3. The molecule has 0 bridgehead atoms. The molecule has 1 amide bonds. The van der Waals surface area contributed by atoms with Crippen LogP contribution in [0, 0.1) is 0 Å². The molecule has 0 aromatic carbocycles. The highest BCUT2D eigenvalue weighted by Crippen LogP contribution is 1.96. The molecule has 0 aromatic rings. The van der Waals surface area contributed by atoms with Crippen molar-refractivity contribution in [3.63, 3.8) is 0 Å². The summed E-state index contributed by atoms with van der Waals surface area (Å²) in [6.45, 7) is -0.132. The van der Waals surface area contributed by atoms with E-state index in [4.69, 9.17) is 10.2 Å². The Morgan fingerprint density at radius 3 is 2.60 bits per heavy atom. The van der Waals surface area contributed by atoms with Crippen LogP contribution in [0.25, 0.3) is 0 Å². The summed E-state index contributed by atoms with van der Waals surface area (Å²) in [4.78, 5) is 11.8. The number of aliphatic hydroxyl groups excluding tert-OH is 2. The maximum Gasteiger partial charge on any atom is 0.283 e. The summed E-state index contributed by atoms with van der Waals surface area (Å²) < 4.78 is -0.148. The topological polar surface area (TPSA) is 60.8 Å². The number of likely N-dealkylation sites (N-methyl/N-ethyl adjacent to an activating group) is 1. The third-order valence-electron chi connectivity index (χ3n) is 0.995. The highest BCUT2D eigenvalue weighted by molar-refractivity contribution is 14.1. The van der Waals surface area contributed by atoms with Gasteiger partial charge in [-0.15, -0.1) is 0 Å². The first-order chi connectivity index (χ1) is 4.57. The Hall–Kier alpha value is 0.120. The van der Waals surface area contributed by atoms with Crippen LogP contribution in [0.5, 0.6) is 0 Å². The first-order valence-corrected chi connectivity index (χ1v) is 3.85. The molecule has 0 saturated heterocycles. The number of amides is 1. The third-order valence-corrected chi connectivity index (χ3v) is 1.82. The molecule has 0 aromatic heterocycles. The van der Waals surface area contributed by atoms with E-state index >= 15 is 0 Å². The molecule has 1 unspecified atom stereocenters. The van der Waals surface area contributed by atoms with Gasteiger partial charge in [0.15, 0.2) is 0 Å². The van der Waals surface area contributed by atoms with E-state index in [0.29, 0.717) is 0 Å². The van der Waals surface area contributed by atoms with Crippen molar-refractivity contribution in [3.8, 4) is 0 Å². The van der Waals surface area contributed by atoms with Gasteiger partial charge in [-0.25, -0.2) is 0 Å². The standard InChI is InChI=1S/C5H10INO3/c1-7(5(6)10)2-4(9)3-8/h4,8-9H,2-3H2,1H3. The molecule has 1 atom stereocenters. The van der Waals surface area contributed by atoms with E-state index in [1.54, 1.807) is 29.6 Å². The molecule has 0 aliphatic carbocycles. The quantitative estimate of drug-likeness (QED) is 0.420. The second-order valence-electron chi connectivity index (χ2n) is 1.97. The minimum Gasteiger partial charge on any atom is -0.394 e. The Bertz CT molecular complexity index is 119. The summed E-state index contributed by atoms with van der Waals surface area (Å²) >= 11 is 1.61. The number of hydrogen-bond donors (Lipinski definition) is 2. The Morgan fingerprint density at radius 2 is 2.30 bits per heavy atom. The van der Waals surface area contributed by atoms with Crippen LogP contribution in [0.4, 0.5) is 4.79 Å². The summed E-state index contributed by atoms with van der Waals surface area (Å²) in [6.07, 6.45) is -0.830. The number of aliphatic hydroxyl groups is 2. The predicted molar refractivity (Wildman–Crippen MR) is 45.1 cm³/mol. The molecule has 0 fully saturated rings. The van der Waals surface area contributed by atoms with Crippen molar-refractivity contribution >= 4 is 26.5 Å². The van der Waals surface area contributed by atoms with Crippen LogP contribution in [0.3, 0.4) is 0 Å². The van der Waals surface area contributed by atoms with Crippen molar-refractivity contribution < 1.29 is 15.0 Å². The normalized spacial score (nSPS) is 12.8. The molecular formula is C5H10INO3. The van der Waals surface area contributed by atoms with Gasteiger partial charge in [0, 0.05) is 36.2 Å². The van der Waals surface area contributed by atoms with E-state index in [9.17, 15) is 4.79 Å². The average molecular weight is 259 g/mol. The third kappa shape index (κ3) is 4.02. The zero-order valence-electron chi connectivity index (χ0n) is 5.62. The second kappa shape index (κ2) is 4.86. The maximum absolute atomic E-state index is 10.5. The smallest absolute Gasteiger partial charge is 0.283 e. The van der Waals surface area contributed by atoms with E-state index in [2.05, 4.69) is 0 Å². The molecule has 10 heavy (non-hydrogen) atoms. The summed E-state index contributed by atoms with van der Waals surface area (Å²) in [5.74, 6) is 0. The fourth-order valence-corrected chi connectivity index (χ4v) is 0.643. The van der Waals surface area contributed by atoms with Crippen LogP contribution in [0.15, 0.2) is 0 Å². The van der Waals surface area contributed by atoms with Crippen LogP contribution in [-0.4, -0.2) is 45.3 Å². The first-order valence-electron chi connectivity index (χ1n) is 2.77. The molecule has 5 heteroatoms. The minimum absolute atomic E-state index is 0.148. The SMILES string of the molecule is CN(CC(O)CO)C(=O)I. The predicted octanol–water partition coefficient (Wildman–Crippen LogP) is -0.174. The fourth-order valence-electron chi connectivity index (χ4n) is 0.446. The molecule has 0 rings (SSSR count). The van der Waals surface area contributed by atoms with Gasteiger partial charge in [-0.3, -0.25) is 4.79 Å². The Balaban J connectivity index is 3.56. The van der Waals surface area contributed by atoms with Gasteiger partial charge in [-0.05, 0) is 0 Å². The Labute approximate surface area is 73.0 Å². The first kappa shape index (κ1) is 10.1. The number of halogens is 1. The van der Waals surface area contributed by atoms with Crippen molar-refractivity contribution in [2.75, 3.05) is 20.2 Å². The lowest BCUT2D eigenvalue weighted by molar-refractivity contribution is 0.0767. The number of carbonyl (C=O) groups excluding carboxylic acids is 1.